The topological polar surface area (TPSA) is 88.8 Å². The van der Waals surface area contributed by atoms with Crippen LogP contribution in [-0.2, 0) is 4.79 Å². The van der Waals surface area contributed by atoms with Crippen LogP contribution in [0.15, 0.2) is 24.3 Å². The highest BCUT2D eigenvalue weighted by Crippen LogP contribution is 2.59. The molecule has 0 saturated heterocycles. The third-order valence-electron chi connectivity index (χ3n) is 6.99. The summed E-state index contributed by atoms with van der Waals surface area (Å²) in [6.45, 7) is 5.87. The first-order valence-corrected chi connectivity index (χ1v) is 11.4. The summed E-state index contributed by atoms with van der Waals surface area (Å²) in [4.78, 5) is 12.8. The van der Waals surface area contributed by atoms with E-state index in [9.17, 15) is 9.90 Å². The van der Waals surface area contributed by atoms with Gasteiger partial charge in [-0.15, -0.1) is 0 Å². The third-order valence-corrected chi connectivity index (χ3v) is 7.22. The van der Waals surface area contributed by atoms with E-state index in [0.717, 1.165) is 37.9 Å². The van der Waals surface area contributed by atoms with Crippen molar-refractivity contribution in [2.45, 2.75) is 52.4 Å². The van der Waals surface area contributed by atoms with Gasteiger partial charge >= 0.3 is 5.82 Å². The van der Waals surface area contributed by atoms with Crippen molar-refractivity contribution in [3.63, 3.8) is 0 Å². The van der Waals surface area contributed by atoms with E-state index >= 15 is 0 Å². The van der Waals surface area contributed by atoms with Crippen LogP contribution in [0.5, 0.6) is 0 Å². The predicted octanol–water partition coefficient (Wildman–Crippen LogP) is 2.34. The van der Waals surface area contributed by atoms with Gasteiger partial charge in [-0.25, -0.2) is 5.01 Å². The fraction of sp³-hybridized carbons (Fsp3) is 0.636. The quantitative estimate of drug-likeness (QED) is 0.734. The van der Waals surface area contributed by atoms with E-state index in [-0.39, 0.29) is 0 Å². The molecule has 0 amide bonds. The van der Waals surface area contributed by atoms with E-state index in [2.05, 4.69) is 29.3 Å². The van der Waals surface area contributed by atoms with E-state index in [0.29, 0.717) is 28.6 Å². The number of nitrogens with zero attached hydrogens (tertiary/aromatic N) is 4. The molecule has 1 N–H and O–H groups in total. The average molecular weight is 432 g/mol. The second-order valence-electron chi connectivity index (χ2n) is 9.06. The Labute approximate surface area is 182 Å². The number of hydrogen-bond donors (Lipinski definition) is 1. The molecule has 4 aliphatic rings. The molecular formula is C22H30ClN5O2. The average Bonchev–Trinajstić information content (AvgIpc) is 3.18. The Morgan fingerprint density at radius 3 is 2.30 bits per heavy atom. The first kappa shape index (κ1) is 21.1. The molecule has 2 aromatic rings. The van der Waals surface area contributed by atoms with Crippen LogP contribution in [0.1, 0.15) is 52.4 Å². The molecule has 0 spiro atoms. The van der Waals surface area contributed by atoms with Crippen molar-refractivity contribution >= 4 is 17.6 Å². The zero-order chi connectivity index (χ0) is 21.3. The third kappa shape index (κ3) is 4.17. The molecule has 0 radical (unpaired) electrons. The number of nitrogens with one attached hydrogen (secondary N) is 1. The summed E-state index contributed by atoms with van der Waals surface area (Å²) in [5, 5.41) is 25.3. The van der Waals surface area contributed by atoms with Gasteiger partial charge in [-0.3, -0.25) is 0 Å². The molecule has 0 unspecified atom stereocenters. The van der Waals surface area contributed by atoms with E-state index in [1.165, 1.54) is 19.3 Å². The van der Waals surface area contributed by atoms with E-state index in [1.54, 1.807) is 4.91 Å². The van der Waals surface area contributed by atoms with Gasteiger partial charge < -0.3 is 9.90 Å². The summed E-state index contributed by atoms with van der Waals surface area (Å²) in [7, 11) is 0. The van der Waals surface area contributed by atoms with Gasteiger partial charge in [0.15, 0.2) is 0 Å². The molecule has 30 heavy (non-hydrogen) atoms. The van der Waals surface area contributed by atoms with Crippen molar-refractivity contribution < 1.29 is 14.8 Å². The minimum atomic E-state index is -0.758. The molecule has 4 aliphatic carbocycles. The van der Waals surface area contributed by atoms with Crippen molar-refractivity contribution in [3.05, 3.63) is 29.3 Å². The molecule has 8 heteroatoms. The monoisotopic (exact) mass is 431 g/mol. The highest BCUT2D eigenvalue weighted by molar-refractivity contribution is 6.30. The molecule has 0 aliphatic heterocycles. The second-order valence-corrected chi connectivity index (χ2v) is 9.50. The Morgan fingerprint density at radius 2 is 1.80 bits per heavy atom. The molecule has 0 atom stereocenters. The minimum Gasteiger partial charge on any atom is -0.550 e. The summed E-state index contributed by atoms with van der Waals surface area (Å²) in [5.41, 5.74) is 0.508. The fourth-order valence-electron chi connectivity index (χ4n) is 5.96. The zero-order valence-electron chi connectivity index (χ0n) is 17.7. The summed E-state index contributed by atoms with van der Waals surface area (Å²) in [5.74, 6) is 2.02. The van der Waals surface area contributed by atoms with Crippen LogP contribution in [0.4, 0.5) is 0 Å². The van der Waals surface area contributed by atoms with Gasteiger partial charge in [0, 0.05) is 21.5 Å². The van der Waals surface area contributed by atoms with Crippen molar-refractivity contribution in [2.24, 2.45) is 23.2 Å². The zero-order valence-corrected chi connectivity index (χ0v) is 18.4. The van der Waals surface area contributed by atoms with Gasteiger partial charge in [0.2, 0.25) is 0 Å². The molecule has 7 nitrogen and oxygen atoms in total. The Morgan fingerprint density at radius 1 is 1.20 bits per heavy atom. The van der Waals surface area contributed by atoms with Gasteiger partial charge in [-0.05, 0) is 93.5 Å². The number of aromatic nitrogens is 4. The van der Waals surface area contributed by atoms with Crippen molar-refractivity contribution in [2.75, 3.05) is 18.1 Å². The molecular weight excluding hydrogens is 402 g/mol. The molecule has 1 heterocycles. The minimum absolute atomic E-state index is 0.394. The maximum Gasteiger partial charge on any atom is 0.341 e. The molecule has 1 aromatic heterocycles. The van der Waals surface area contributed by atoms with Gasteiger partial charge in [0.05, 0.1) is 28.7 Å². The smallest absolute Gasteiger partial charge is 0.341 e. The summed E-state index contributed by atoms with van der Waals surface area (Å²) in [6, 6.07) is 7.49. The number of halogens is 1. The van der Waals surface area contributed by atoms with E-state index < -0.39 is 11.4 Å². The number of tetrazole rings is 1. The summed E-state index contributed by atoms with van der Waals surface area (Å²) in [6.07, 6.45) is 6.65. The molecule has 4 bridgehead atoms. The summed E-state index contributed by atoms with van der Waals surface area (Å²) < 4.78 is 0. The summed E-state index contributed by atoms with van der Waals surface area (Å²) >= 11 is 5.94. The number of benzene rings is 1. The lowest BCUT2D eigenvalue weighted by Gasteiger charge is -2.57. The maximum atomic E-state index is 11.1. The first-order chi connectivity index (χ1) is 14.4. The molecule has 4 saturated carbocycles. The number of aliphatic carboxylic acids is 1. The van der Waals surface area contributed by atoms with Crippen molar-refractivity contribution in [1.82, 2.24) is 15.4 Å². The largest absolute Gasteiger partial charge is 0.550 e. The molecule has 6 rings (SSSR count). The number of carboxylic acid groups (broad SMARTS) is 1. The van der Waals surface area contributed by atoms with Gasteiger partial charge in [0.1, 0.15) is 0 Å². The molecule has 1 aromatic carbocycles. The van der Waals surface area contributed by atoms with Crippen molar-refractivity contribution in [3.8, 4) is 11.4 Å². The number of H-pyrrole nitrogens is 1. The van der Waals surface area contributed by atoms with Crippen molar-refractivity contribution in [1.29, 1.82) is 0 Å². The lowest BCUT2D eigenvalue weighted by atomic mass is 9.49. The van der Waals surface area contributed by atoms with Crippen LogP contribution in [0.3, 0.4) is 0 Å². The number of carboxylic acids is 1. The highest BCUT2D eigenvalue weighted by Gasteiger charge is 2.51. The van der Waals surface area contributed by atoms with Crippen LogP contribution in [0, 0.1) is 23.2 Å². The number of rotatable bonds is 5. The Bertz CT molecular complexity index is 860. The van der Waals surface area contributed by atoms with Crippen LogP contribution >= 0.6 is 11.6 Å². The lowest BCUT2D eigenvalue weighted by molar-refractivity contribution is -0.800. The molecule has 4 fully saturated rings. The van der Waals surface area contributed by atoms with Gasteiger partial charge in [-0.1, -0.05) is 17.7 Å². The number of hydrogen-bond acceptors (Lipinski definition) is 5. The first-order valence-electron chi connectivity index (χ1n) is 11.0. The molecule has 162 valence electrons. The highest BCUT2D eigenvalue weighted by atomic mass is 35.5. The second kappa shape index (κ2) is 8.53. The number of carbonyl (C=O) groups excluding carboxylic acids is 1. The van der Waals surface area contributed by atoms with Gasteiger partial charge in [-0.2, -0.15) is 0 Å². The van der Waals surface area contributed by atoms with Crippen LogP contribution in [0.2, 0.25) is 5.02 Å². The normalized spacial score (nSPS) is 28.7. The van der Waals surface area contributed by atoms with Crippen LogP contribution < -0.4 is 15.0 Å². The number of aromatic amines is 1. The van der Waals surface area contributed by atoms with E-state index in [1.807, 2.05) is 29.3 Å². The predicted molar refractivity (Wildman–Crippen MR) is 112 cm³/mol. The Balaban J connectivity index is 0.000000150. The van der Waals surface area contributed by atoms with Gasteiger partial charge in [0.25, 0.3) is 0 Å². The number of carbonyl (C=O) groups is 1. The fourth-order valence-corrected chi connectivity index (χ4v) is 6.15. The van der Waals surface area contributed by atoms with Crippen LogP contribution in [0.25, 0.3) is 11.4 Å². The maximum absolute atomic E-state index is 11.1. The SMILES string of the molecule is CCN(CC)[n+]1nc(-c2cccc(Cl)c2)n[nH]1.O=C([O-])C12CC3CC(CC(C3)C1)C2. The Kier molecular flexibility index (Phi) is 6.00. The Hall–Kier alpha value is -2.15. The van der Waals surface area contributed by atoms with Crippen LogP contribution in [-0.4, -0.2) is 34.5 Å². The standard InChI is InChI=1S/C11H14ClN5.C11H16O2/c1-3-16(4-2)17-14-11(13-15-17)9-6-5-7-10(12)8-9;12-10(13)11-4-7-1-8(5-11)3-9(2-7)6-11/h5-8H,3-4H2,1-2H3;7-9H,1-6H2,(H,12,13). The van der Waals surface area contributed by atoms with E-state index in [4.69, 9.17) is 11.6 Å². The lowest BCUT2D eigenvalue weighted by Crippen LogP contribution is -2.61.